The fourth-order valence-corrected chi connectivity index (χ4v) is 3.32. The van der Waals surface area contributed by atoms with E-state index in [0.717, 1.165) is 0 Å². The molecular formula is C18H27N3. The van der Waals surface area contributed by atoms with Crippen molar-refractivity contribution in [2.45, 2.75) is 19.8 Å². The Bertz CT molecular complexity index is 606. The highest BCUT2D eigenvalue weighted by molar-refractivity contribution is 5.82. The van der Waals surface area contributed by atoms with Gasteiger partial charge in [0, 0.05) is 49.8 Å². The van der Waals surface area contributed by atoms with Gasteiger partial charge >= 0.3 is 0 Å². The van der Waals surface area contributed by atoms with Gasteiger partial charge in [-0.05, 0) is 51.6 Å². The van der Waals surface area contributed by atoms with Gasteiger partial charge in [-0.2, -0.15) is 0 Å². The lowest BCUT2D eigenvalue weighted by Crippen LogP contribution is -2.44. The molecule has 1 aromatic carbocycles. The van der Waals surface area contributed by atoms with Gasteiger partial charge in [0.2, 0.25) is 0 Å². The summed E-state index contributed by atoms with van der Waals surface area (Å²) in [7, 11) is 4.41. The van der Waals surface area contributed by atoms with Crippen LogP contribution in [0.15, 0.2) is 24.3 Å². The molecular weight excluding hydrogens is 258 g/mol. The zero-order valence-corrected chi connectivity index (χ0v) is 13.6. The fraction of sp³-hybridized carbons (Fsp3) is 0.556. The van der Waals surface area contributed by atoms with Crippen molar-refractivity contribution in [3.8, 4) is 0 Å². The summed E-state index contributed by atoms with van der Waals surface area (Å²) < 4.78 is 2.36. The van der Waals surface area contributed by atoms with Gasteiger partial charge in [0.15, 0.2) is 0 Å². The summed E-state index contributed by atoms with van der Waals surface area (Å²) in [5.74, 6) is 0. The van der Waals surface area contributed by atoms with Gasteiger partial charge in [0.25, 0.3) is 0 Å². The van der Waals surface area contributed by atoms with Gasteiger partial charge in [-0.25, -0.2) is 0 Å². The summed E-state index contributed by atoms with van der Waals surface area (Å²) in [6.07, 6.45) is 2.43. The van der Waals surface area contributed by atoms with Crippen molar-refractivity contribution in [2.75, 3.05) is 39.8 Å². The maximum Gasteiger partial charge on any atom is 0.0480 e. The first-order valence-electron chi connectivity index (χ1n) is 8.09. The molecule has 1 fully saturated rings. The van der Waals surface area contributed by atoms with Crippen molar-refractivity contribution in [3.05, 3.63) is 35.5 Å². The molecule has 114 valence electrons. The highest BCUT2D eigenvalue weighted by atomic mass is 15.2. The smallest absolute Gasteiger partial charge is 0.0480 e. The number of rotatable bonds is 4. The third kappa shape index (κ3) is 3.30. The van der Waals surface area contributed by atoms with Crippen molar-refractivity contribution >= 4 is 10.9 Å². The Morgan fingerprint density at radius 3 is 2.52 bits per heavy atom. The van der Waals surface area contributed by atoms with Crippen molar-refractivity contribution in [3.63, 3.8) is 0 Å². The SMILES string of the molecule is Cc1ccc2c(c1)cc(CCCN1CCN(C)CC1)n2C. The van der Waals surface area contributed by atoms with Crippen LogP contribution in [-0.4, -0.2) is 54.1 Å². The Balaban J connectivity index is 1.59. The number of hydrogen-bond donors (Lipinski definition) is 0. The molecule has 0 amide bonds. The van der Waals surface area contributed by atoms with Gasteiger partial charge in [0.05, 0.1) is 0 Å². The Labute approximate surface area is 128 Å². The maximum absolute atomic E-state index is 2.60. The zero-order valence-electron chi connectivity index (χ0n) is 13.6. The van der Waals surface area contributed by atoms with E-state index in [1.54, 1.807) is 0 Å². The van der Waals surface area contributed by atoms with Crippen LogP contribution in [0, 0.1) is 6.92 Å². The molecule has 3 heteroatoms. The molecule has 2 heterocycles. The average molecular weight is 285 g/mol. The molecule has 1 aliphatic heterocycles. The summed E-state index contributed by atoms with van der Waals surface area (Å²) in [5, 5.41) is 1.38. The molecule has 0 unspecified atom stereocenters. The molecule has 0 N–H and O–H groups in total. The lowest BCUT2D eigenvalue weighted by Gasteiger charge is -2.32. The van der Waals surface area contributed by atoms with Gasteiger partial charge < -0.3 is 14.4 Å². The van der Waals surface area contributed by atoms with Crippen LogP contribution in [0.2, 0.25) is 0 Å². The van der Waals surface area contributed by atoms with Crippen LogP contribution in [0.4, 0.5) is 0 Å². The largest absolute Gasteiger partial charge is 0.348 e. The third-order valence-electron chi connectivity index (χ3n) is 4.80. The van der Waals surface area contributed by atoms with Crippen LogP contribution < -0.4 is 0 Å². The molecule has 0 atom stereocenters. The Kier molecular flexibility index (Phi) is 4.32. The first kappa shape index (κ1) is 14.6. The minimum atomic E-state index is 1.18. The summed E-state index contributed by atoms with van der Waals surface area (Å²) in [6.45, 7) is 8.28. The second-order valence-electron chi connectivity index (χ2n) is 6.51. The molecule has 1 aromatic heterocycles. The van der Waals surface area contributed by atoms with E-state index in [1.807, 2.05) is 0 Å². The number of nitrogens with zero attached hydrogens (tertiary/aromatic N) is 3. The number of benzene rings is 1. The van der Waals surface area contributed by atoms with Crippen molar-refractivity contribution < 1.29 is 0 Å². The zero-order chi connectivity index (χ0) is 14.8. The van der Waals surface area contributed by atoms with Crippen molar-refractivity contribution in [1.29, 1.82) is 0 Å². The van der Waals surface area contributed by atoms with Gasteiger partial charge in [-0.15, -0.1) is 0 Å². The van der Waals surface area contributed by atoms with Crippen molar-refractivity contribution in [1.82, 2.24) is 14.4 Å². The van der Waals surface area contributed by atoms with Crippen molar-refractivity contribution in [2.24, 2.45) is 7.05 Å². The minimum absolute atomic E-state index is 1.18. The first-order valence-corrected chi connectivity index (χ1v) is 8.09. The van der Waals surface area contributed by atoms with Crippen LogP contribution in [0.1, 0.15) is 17.7 Å². The fourth-order valence-electron chi connectivity index (χ4n) is 3.32. The monoisotopic (exact) mass is 285 g/mol. The highest BCUT2D eigenvalue weighted by Gasteiger charge is 2.13. The predicted octanol–water partition coefficient (Wildman–Crippen LogP) is 2.67. The van der Waals surface area contributed by atoms with E-state index in [2.05, 4.69) is 59.7 Å². The topological polar surface area (TPSA) is 11.4 Å². The highest BCUT2D eigenvalue weighted by Crippen LogP contribution is 2.21. The Hall–Kier alpha value is -1.32. The molecule has 3 nitrogen and oxygen atoms in total. The van der Waals surface area contributed by atoms with E-state index in [-0.39, 0.29) is 0 Å². The first-order chi connectivity index (χ1) is 10.1. The van der Waals surface area contributed by atoms with Gasteiger partial charge in [0.1, 0.15) is 0 Å². The molecule has 0 radical (unpaired) electrons. The summed E-state index contributed by atoms with van der Waals surface area (Å²) in [5.41, 5.74) is 4.16. The number of likely N-dealkylation sites (N-methyl/N-ethyl adjacent to an activating group) is 1. The maximum atomic E-state index is 2.60. The summed E-state index contributed by atoms with van der Waals surface area (Å²) in [4.78, 5) is 5.02. The predicted molar refractivity (Wildman–Crippen MR) is 89.9 cm³/mol. The summed E-state index contributed by atoms with van der Waals surface area (Å²) >= 11 is 0. The molecule has 0 spiro atoms. The number of piperazine rings is 1. The lowest BCUT2D eigenvalue weighted by molar-refractivity contribution is 0.153. The average Bonchev–Trinajstić information content (AvgIpc) is 2.77. The van der Waals surface area contributed by atoms with E-state index in [9.17, 15) is 0 Å². The normalized spacial score (nSPS) is 17.7. The van der Waals surface area contributed by atoms with Crippen LogP contribution in [0.3, 0.4) is 0 Å². The number of fused-ring (bicyclic) bond motifs is 1. The molecule has 2 aromatic rings. The molecule has 0 aliphatic carbocycles. The standard InChI is InChI=1S/C18H27N3/c1-15-6-7-18-16(13-15)14-17(20(18)3)5-4-8-21-11-9-19(2)10-12-21/h6-7,13-14H,4-5,8-12H2,1-3H3. The Morgan fingerprint density at radius 1 is 1.00 bits per heavy atom. The van der Waals surface area contributed by atoms with Crippen LogP contribution in [0.5, 0.6) is 0 Å². The van der Waals surface area contributed by atoms with Crippen LogP contribution in [-0.2, 0) is 13.5 Å². The van der Waals surface area contributed by atoms with Gasteiger partial charge in [-0.1, -0.05) is 11.6 Å². The lowest BCUT2D eigenvalue weighted by atomic mass is 10.1. The molecule has 3 rings (SSSR count). The van der Waals surface area contributed by atoms with E-state index < -0.39 is 0 Å². The summed E-state index contributed by atoms with van der Waals surface area (Å²) in [6, 6.07) is 9.11. The molecule has 21 heavy (non-hydrogen) atoms. The number of aryl methyl sites for hydroxylation is 3. The van der Waals surface area contributed by atoms with Crippen LogP contribution >= 0.6 is 0 Å². The second-order valence-corrected chi connectivity index (χ2v) is 6.51. The van der Waals surface area contributed by atoms with E-state index in [4.69, 9.17) is 0 Å². The number of hydrogen-bond acceptors (Lipinski definition) is 2. The van der Waals surface area contributed by atoms with E-state index in [1.165, 1.54) is 67.7 Å². The second kappa shape index (κ2) is 6.20. The van der Waals surface area contributed by atoms with Gasteiger partial charge in [-0.3, -0.25) is 0 Å². The molecule has 0 saturated carbocycles. The van der Waals surface area contributed by atoms with E-state index in [0.29, 0.717) is 0 Å². The number of aromatic nitrogens is 1. The third-order valence-corrected chi connectivity index (χ3v) is 4.80. The molecule has 1 aliphatic rings. The van der Waals surface area contributed by atoms with E-state index >= 15 is 0 Å². The van der Waals surface area contributed by atoms with Crippen LogP contribution in [0.25, 0.3) is 10.9 Å². The molecule has 1 saturated heterocycles. The minimum Gasteiger partial charge on any atom is -0.348 e. The molecule has 0 bridgehead atoms. The quantitative estimate of drug-likeness (QED) is 0.855. The Morgan fingerprint density at radius 2 is 1.76 bits per heavy atom.